The van der Waals surface area contributed by atoms with E-state index in [1.54, 1.807) is 18.4 Å². The summed E-state index contributed by atoms with van der Waals surface area (Å²) in [5.41, 5.74) is 3.06. The molecule has 1 aromatic heterocycles. The fraction of sp³-hybridized carbons (Fsp3) is 0.133. The molecule has 0 saturated carbocycles. The monoisotopic (exact) mass is 304 g/mol. The summed E-state index contributed by atoms with van der Waals surface area (Å²) < 4.78 is 6.32. The second kappa shape index (κ2) is 5.31. The number of rotatable bonds is 3. The van der Waals surface area contributed by atoms with Gasteiger partial charge in [-0.05, 0) is 42.8 Å². The number of anilines is 2. The number of ether oxygens (including phenoxy) is 1. The molecule has 3 rings (SSSR count). The average Bonchev–Trinajstić information content (AvgIpc) is 2.84. The molecule has 1 N–H and O–H groups in total. The van der Waals surface area contributed by atoms with Gasteiger partial charge in [-0.25, -0.2) is 4.98 Å². The van der Waals surface area contributed by atoms with E-state index in [1.165, 1.54) is 0 Å². The normalized spacial score (nSPS) is 10.8. The highest BCUT2D eigenvalue weighted by molar-refractivity contribution is 7.22. The number of aromatic nitrogens is 1. The van der Waals surface area contributed by atoms with E-state index in [1.807, 2.05) is 43.3 Å². The lowest BCUT2D eigenvalue weighted by Gasteiger charge is -2.06. The fourth-order valence-corrected chi connectivity index (χ4v) is 3.01. The first-order valence-electron chi connectivity index (χ1n) is 6.13. The van der Waals surface area contributed by atoms with E-state index in [-0.39, 0.29) is 0 Å². The molecule has 0 unspecified atom stereocenters. The number of hydrogen-bond acceptors (Lipinski definition) is 4. The van der Waals surface area contributed by atoms with Crippen molar-refractivity contribution in [3.8, 4) is 5.75 Å². The maximum absolute atomic E-state index is 6.03. The van der Waals surface area contributed by atoms with Gasteiger partial charge in [0.1, 0.15) is 5.75 Å². The Morgan fingerprint density at radius 1 is 1.20 bits per heavy atom. The summed E-state index contributed by atoms with van der Waals surface area (Å²) in [6.07, 6.45) is 0. The largest absolute Gasteiger partial charge is 0.497 e. The molecule has 2 aromatic carbocycles. The van der Waals surface area contributed by atoms with Crippen molar-refractivity contribution in [3.05, 3.63) is 47.0 Å². The minimum Gasteiger partial charge on any atom is -0.497 e. The van der Waals surface area contributed by atoms with Crippen molar-refractivity contribution in [2.24, 2.45) is 0 Å². The van der Waals surface area contributed by atoms with Crippen LogP contribution in [0.15, 0.2) is 36.4 Å². The third kappa shape index (κ3) is 2.57. The molecule has 102 valence electrons. The van der Waals surface area contributed by atoms with Gasteiger partial charge in [0.25, 0.3) is 0 Å². The first-order chi connectivity index (χ1) is 9.65. The first kappa shape index (κ1) is 13.2. The van der Waals surface area contributed by atoms with Gasteiger partial charge >= 0.3 is 0 Å². The SMILES string of the molecule is COc1ccc2nc(Nc3cc(Cl)ccc3C)sc2c1. The fourth-order valence-electron chi connectivity index (χ4n) is 1.93. The van der Waals surface area contributed by atoms with E-state index in [4.69, 9.17) is 16.3 Å². The van der Waals surface area contributed by atoms with Gasteiger partial charge in [-0.1, -0.05) is 29.0 Å². The number of nitrogens with one attached hydrogen (secondary N) is 1. The standard InChI is InChI=1S/C15H13ClN2OS/c1-9-3-4-10(16)7-13(9)18-15-17-12-6-5-11(19-2)8-14(12)20-15/h3-8H,1-2H3,(H,17,18). The molecular weight excluding hydrogens is 292 g/mol. The van der Waals surface area contributed by atoms with Crippen molar-refractivity contribution in [2.45, 2.75) is 6.92 Å². The van der Waals surface area contributed by atoms with E-state index in [0.29, 0.717) is 5.02 Å². The molecule has 0 aliphatic carbocycles. The van der Waals surface area contributed by atoms with Gasteiger partial charge in [0, 0.05) is 10.7 Å². The van der Waals surface area contributed by atoms with Crippen LogP contribution in [0.2, 0.25) is 5.02 Å². The number of fused-ring (bicyclic) bond motifs is 1. The molecule has 0 aliphatic heterocycles. The Labute approximate surface area is 126 Å². The number of hydrogen-bond donors (Lipinski definition) is 1. The van der Waals surface area contributed by atoms with Crippen LogP contribution in [0, 0.1) is 6.92 Å². The second-order valence-corrected chi connectivity index (χ2v) is 5.90. The third-order valence-electron chi connectivity index (χ3n) is 3.04. The maximum atomic E-state index is 6.03. The van der Waals surface area contributed by atoms with Gasteiger partial charge in [0.15, 0.2) is 5.13 Å². The summed E-state index contributed by atoms with van der Waals surface area (Å²) in [6, 6.07) is 11.6. The van der Waals surface area contributed by atoms with E-state index in [0.717, 1.165) is 32.3 Å². The highest BCUT2D eigenvalue weighted by atomic mass is 35.5. The molecule has 0 amide bonds. The molecular formula is C15H13ClN2OS. The molecule has 1 heterocycles. The minimum atomic E-state index is 0.709. The molecule has 3 aromatic rings. The summed E-state index contributed by atoms with van der Waals surface area (Å²) in [6.45, 7) is 2.04. The molecule has 0 aliphatic rings. The van der Waals surface area contributed by atoms with E-state index < -0.39 is 0 Å². The third-order valence-corrected chi connectivity index (χ3v) is 4.21. The van der Waals surface area contributed by atoms with Crippen LogP contribution in [0.3, 0.4) is 0 Å². The smallest absolute Gasteiger partial charge is 0.188 e. The Morgan fingerprint density at radius 3 is 2.85 bits per heavy atom. The van der Waals surface area contributed by atoms with Gasteiger partial charge in [-0.2, -0.15) is 0 Å². The van der Waals surface area contributed by atoms with Gasteiger partial charge in [0.05, 0.1) is 17.3 Å². The summed E-state index contributed by atoms with van der Waals surface area (Å²) in [5, 5.41) is 4.88. The second-order valence-electron chi connectivity index (χ2n) is 4.44. The van der Waals surface area contributed by atoms with Crippen molar-refractivity contribution in [1.82, 2.24) is 4.98 Å². The topological polar surface area (TPSA) is 34.1 Å². The van der Waals surface area contributed by atoms with Crippen LogP contribution in [0.5, 0.6) is 5.75 Å². The van der Waals surface area contributed by atoms with Crippen molar-refractivity contribution >= 4 is 44.0 Å². The predicted octanol–water partition coefficient (Wildman–Crippen LogP) is 5.01. The summed E-state index contributed by atoms with van der Waals surface area (Å²) >= 11 is 7.62. The molecule has 0 atom stereocenters. The number of nitrogens with zero attached hydrogens (tertiary/aromatic N) is 1. The van der Waals surface area contributed by atoms with Crippen LogP contribution in [-0.4, -0.2) is 12.1 Å². The van der Waals surface area contributed by atoms with Gasteiger partial charge in [0.2, 0.25) is 0 Å². The number of aryl methyl sites for hydroxylation is 1. The summed E-state index contributed by atoms with van der Waals surface area (Å²) in [4.78, 5) is 4.56. The lowest BCUT2D eigenvalue weighted by atomic mass is 10.2. The van der Waals surface area contributed by atoms with Gasteiger partial charge in [-0.3, -0.25) is 0 Å². The Morgan fingerprint density at radius 2 is 2.05 bits per heavy atom. The molecule has 0 fully saturated rings. The Balaban J connectivity index is 1.96. The van der Waals surface area contributed by atoms with Crippen molar-refractivity contribution in [1.29, 1.82) is 0 Å². The van der Waals surface area contributed by atoms with Crippen molar-refractivity contribution in [3.63, 3.8) is 0 Å². The lowest BCUT2D eigenvalue weighted by Crippen LogP contribution is -1.91. The zero-order valence-electron chi connectivity index (χ0n) is 11.1. The van der Waals surface area contributed by atoms with Crippen molar-refractivity contribution in [2.75, 3.05) is 12.4 Å². The number of thiazole rings is 1. The van der Waals surface area contributed by atoms with Crippen LogP contribution in [-0.2, 0) is 0 Å². The van der Waals surface area contributed by atoms with Crippen LogP contribution in [0.25, 0.3) is 10.2 Å². The molecule has 5 heteroatoms. The Bertz CT molecular complexity index is 770. The van der Waals surface area contributed by atoms with Gasteiger partial charge < -0.3 is 10.1 Å². The Kier molecular flexibility index (Phi) is 3.51. The lowest BCUT2D eigenvalue weighted by molar-refractivity contribution is 0.415. The number of methoxy groups -OCH3 is 1. The van der Waals surface area contributed by atoms with Crippen LogP contribution in [0.4, 0.5) is 10.8 Å². The van der Waals surface area contributed by atoms with Gasteiger partial charge in [-0.15, -0.1) is 0 Å². The number of halogens is 1. The highest BCUT2D eigenvalue weighted by Gasteiger charge is 2.07. The highest BCUT2D eigenvalue weighted by Crippen LogP contribution is 2.32. The summed E-state index contributed by atoms with van der Waals surface area (Å²) in [5.74, 6) is 0.839. The van der Waals surface area contributed by atoms with Crippen LogP contribution in [0.1, 0.15) is 5.56 Å². The zero-order chi connectivity index (χ0) is 14.1. The van der Waals surface area contributed by atoms with Crippen LogP contribution >= 0.6 is 22.9 Å². The molecule has 0 radical (unpaired) electrons. The van der Waals surface area contributed by atoms with E-state index in [9.17, 15) is 0 Å². The minimum absolute atomic E-state index is 0.709. The molecule has 0 saturated heterocycles. The van der Waals surface area contributed by atoms with Crippen molar-refractivity contribution < 1.29 is 4.74 Å². The van der Waals surface area contributed by atoms with E-state index in [2.05, 4.69) is 10.3 Å². The molecule has 3 nitrogen and oxygen atoms in total. The van der Waals surface area contributed by atoms with Crippen LogP contribution < -0.4 is 10.1 Å². The molecule has 0 spiro atoms. The Hall–Kier alpha value is -1.78. The summed E-state index contributed by atoms with van der Waals surface area (Å²) in [7, 11) is 1.66. The first-order valence-corrected chi connectivity index (χ1v) is 7.33. The van der Waals surface area contributed by atoms with E-state index >= 15 is 0 Å². The maximum Gasteiger partial charge on any atom is 0.188 e. The average molecular weight is 305 g/mol. The molecule has 0 bridgehead atoms. The zero-order valence-corrected chi connectivity index (χ0v) is 12.7. The quantitative estimate of drug-likeness (QED) is 0.738. The predicted molar refractivity (Wildman–Crippen MR) is 85.6 cm³/mol. The molecule has 20 heavy (non-hydrogen) atoms. The number of benzene rings is 2.